The molecule has 1 aromatic carbocycles. The van der Waals surface area contributed by atoms with Crippen molar-refractivity contribution in [2.75, 3.05) is 0 Å². The van der Waals surface area contributed by atoms with E-state index in [2.05, 4.69) is 13.8 Å². The lowest BCUT2D eigenvalue weighted by Gasteiger charge is -2.61. The number of halogens is 2. The van der Waals surface area contributed by atoms with Crippen molar-refractivity contribution in [3.63, 3.8) is 0 Å². The number of aliphatic hydroxyl groups is 1. The predicted molar refractivity (Wildman–Crippen MR) is 117 cm³/mol. The van der Waals surface area contributed by atoms with Crippen molar-refractivity contribution in [1.82, 2.24) is 0 Å². The van der Waals surface area contributed by atoms with Gasteiger partial charge >= 0.3 is 0 Å². The van der Waals surface area contributed by atoms with Crippen LogP contribution in [0.4, 0.5) is 8.78 Å². The number of carbonyl (C=O) groups excluding carboxylic acids is 1. The van der Waals surface area contributed by atoms with E-state index in [0.29, 0.717) is 29.1 Å². The fourth-order valence-corrected chi connectivity index (χ4v) is 8.76. The molecule has 4 fully saturated rings. The summed E-state index contributed by atoms with van der Waals surface area (Å²) in [5, 5.41) is 10.7. The molecule has 0 heterocycles. The van der Waals surface area contributed by atoms with Crippen LogP contribution < -0.4 is 0 Å². The van der Waals surface area contributed by atoms with E-state index in [1.54, 1.807) is 0 Å². The van der Waals surface area contributed by atoms with Crippen LogP contribution in [0.5, 0.6) is 0 Å². The van der Waals surface area contributed by atoms with E-state index in [9.17, 15) is 18.7 Å². The average molecular weight is 431 g/mol. The summed E-state index contributed by atoms with van der Waals surface area (Å²) in [4.78, 5) is 13.4. The molecule has 1 aromatic rings. The second-order valence-corrected chi connectivity index (χ2v) is 12.1. The van der Waals surface area contributed by atoms with Gasteiger partial charge in [0.25, 0.3) is 0 Å². The Morgan fingerprint density at radius 2 is 1.55 bits per heavy atom. The lowest BCUT2D eigenvalue weighted by atomic mass is 9.44. The van der Waals surface area contributed by atoms with E-state index in [0.717, 1.165) is 51.0 Å². The molecule has 4 aliphatic rings. The van der Waals surface area contributed by atoms with Gasteiger partial charge in [-0.25, -0.2) is 8.78 Å². The summed E-state index contributed by atoms with van der Waals surface area (Å²) >= 11 is 0. The summed E-state index contributed by atoms with van der Waals surface area (Å²) in [6.07, 6.45) is 9.30. The first kappa shape index (κ1) is 21.6. The Hall–Kier alpha value is -1.29. The molecule has 31 heavy (non-hydrogen) atoms. The number of ketones is 1. The maximum absolute atomic E-state index is 13.8. The summed E-state index contributed by atoms with van der Waals surface area (Å²) in [6, 6.07) is 3.24. The summed E-state index contributed by atoms with van der Waals surface area (Å²) in [7, 11) is 0. The quantitative estimate of drug-likeness (QED) is 0.540. The molecule has 8 atom stereocenters. The number of hydrogen-bond acceptors (Lipinski definition) is 2. The van der Waals surface area contributed by atoms with E-state index in [1.165, 1.54) is 25.0 Å². The number of benzene rings is 1. The average Bonchev–Trinajstić information content (AvgIpc) is 3.04. The minimum Gasteiger partial charge on any atom is -0.390 e. The standard InChI is InChI=1S/C27H36F2O2/c1-25(31)10-11-26(2)17(15-25)4-5-20-21-6-7-23(27(21,3)9-8-22(20)26)24(30)16-12-18(28)14-19(29)13-16/h12-14,17,20-23,31H,4-11,15H2,1-3H3/t17-,20-,21-,22-,23+,25+,26-,27-/m0/s1. The Kier molecular flexibility index (Phi) is 4.94. The predicted octanol–water partition coefficient (Wildman–Crippen LogP) is 6.56. The van der Waals surface area contributed by atoms with Crippen LogP contribution in [0.2, 0.25) is 0 Å². The van der Waals surface area contributed by atoms with Gasteiger partial charge in [0.15, 0.2) is 5.78 Å². The molecule has 0 bridgehead atoms. The molecular weight excluding hydrogens is 394 g/mol. The second-order valence-electron chi connectivity index (χ2n) is 12.1. The topological polar surface area (TPSA) is 37.3 Å². The van der Waals surface area contributed by atoms with Gasteiger partial charge in [-0.3, -0.25) is 4.79 Å². The number of Topliss-reactive ketones (excluding diaryl/α,β-unsaturated/α-hetero) is 1. The largest absolute Gasteiger partial charge is 0.390 e. The number of hydrogen-bond donors (Lipinski definition) is 1. The molecule has 5 rings (SSSR count). The molecule has 0 aromatic heterocycles. The smallest absolute Gasteiger partial charge is 0.166 e. The maximum atomic E-state index is 13.8. The van der Waals surface area contributed by atoms with Crippen molar-refractivity contribution in [3.8, 4) is 0 Å². The molecule has 0 radical (unpaired) electrons. The van der Waals surface area contributed by atoms with Crippen molar-refractivity contribution in [2.24, 2.45) is 40.4 Å². The van der Waals surface area contributed by atoms with Crippen LogP contribution in [-0.4, -0.2) is 16.5 Å². The zero-order valence-corrected chi connectivity index (χ0v) is 19.1. The molecule has 0 spiro atoms. The minimum atomic E-state index is -0.675. The number of fused-ring (bicyclic) bond motifs is 5. The molecule has 1 N–H and O–H groups in total. The normalized spacial score (nSPS) is 46.7. The van der Waals surface area contributed by atoms with Crippen molar-refractivity contribution < 1.29 is 18.7 Å². The Morgan fingerprint density at radius 1 is 0.871 bits per heavy atom. The van der Waals surface area contributed by atoms with Crippen LogP contribution in [0.15, 0.2) is 18.2 Å². The maximum Gasteiger partial charge on any atom is 0.166 e. The number of carbonyl (C=O) groups is 1. The van der Waals surface area contributed by atoms with Gasteiger partial charge < -0.3 is 5.11 Å². The Morgan fingerprint density at radius 3 is 2.26 bits per heavy atom. The minimum absolute atomic E-state index is 0.0736. The van der Waals surface area contributed by atoms with E-state index in [1.807, 2.05) is 6.92 Å². The molecule has 2 nitrogen and oxygen atoms in total. The van der Waals surface area contributed by atoms with Crippen LogP contribution in [0.1, 0.15) is 88.9 Å². The van der Waals surface area contributed by atoms with Crippen LogP contribution >= 0.6 is 0 Å². The second kappa shape index (κ2) is 7.10. The van der Waals surface area contributed by atoms with Gasteiger partial charge in [0.2, 0.25) is 0 Å². The SMILES string of the molecule is C[C@@]1(O)CC[C@@]2(C)[C@@H](CC[C@@H]3[C@@H]2CC[C@]2(C)[C@@H](C(=O)c4cc(F)cc(F)c4)CC[C@@H]32)C1. The van der Waals surface area contributed by atoms with Crippen LogP contribution in [0, 0.1) is 52.1 Å². The van der Waals surface area contributed by atoms with Crippen molar-refractivity contribution in [2.45, 2.75) is 84.2 Å². The number of rotatable bonds is 2. The van der Waals surface area contributed by atoms with Crippen molar-refractivity contribution in [3.05, 3.63) is 35.4 Å². The van der Waals surface area contributed by atoms with E-state index in [4.69, 9.17) is 0 Å². The highest BCUT2D eigenvalue weighted by Crippen LogP contribution is 2.68. The third-order valence-electron chi connectivity index (χ3n) is 10.4. The summed E-state index contributed by atoms with van der Waals surface area (Å²) in [5.74, 6) is 0.839. The Bertz CT molecular complexity index is 875. The van der Waals surface area contributed by atoms with Gasteiger partial charge in [-0.15, -0.1) is 0 Å². The third kappa shape index (κ3) is 3.31. The van der Waals surface area contributed by atoms with Gasteiger partial charge in [-0.05, 0) is 111 Å². The first-order chi connectivity index (χ1) is 14.5. The highest BCUT2D eigenvalue weighted by molar-refractivity contribution is 5.98. The van der Waals surface area contributed by atoms with Crippen LogP contribution in [-0.2, 0) is 0 Å². The Balaban J connectivity index is 1.40. The molecule has 4 saturated carbocycles. The molecule has 4 aliphatic carbocycles. The van der Waals surface area contributed by atoms with Crippen LogP contribution in [0.25, 0.3) is 0 Å². The molecule has 4 heteroatoms. The fourth-order valence-electron chi connectivity index (χ4n) is 8.76. The monoisotopic (exact) mass is 430 g/mol. The van der Waals surface area contributed by atoms with Gasteiger partial charge in [0.1, 0.15) is 11.6 Å². The highest BCUT2D eigenvalue weighted by atomic mass is 19.1. The highest BCUT2D eigenvalue weighted by Gasteiger charge is 2.61. The summed E-state index contributed by atoms with van der Waals surface area (Å²) in [6.45, 7) is 6.75. The first-order valence-corrected chi connectivity index (χ1v) is 12.3. The fraction of sp³-hybridized carbons (Fsp3) is 0.741. The lowest BCUT2D eigenvalue weighted by Crippen LogP contribution is -2.55. The van der Waals surface area contributed by atoms with Gasteiger partial charge in [0, 0.05) is 17.5 Å². The zero-order valence-electron chi connectivity index (χ0n) is 19.1. The summed E-state index contributed by atoms with van der Waals surface area (Å²) in [5.41, 5.74) is -0.118. The summed E-state index contributed by atoms with van der Waals surface area (Å²) < 4.78 is 27.5. The molecule has 170 valence electrons. The van der Waals surface area contributed by atoms with E-state index >= 15 is 0 Å². The van der Waals surface area contributed by atoms with Gasteiger partial charge in [0.05, 0.1) is 5.60 Å². The lowest BCUT2D eigenvalue weighted by molar-refractivity contribution is -0.144. The molecule has 0 saturated heterocycles. The van der Waals surface area contributed by atoms with E-state index in [-0.39, 0.29) is 22.7 Å². The van der Waals surface area contributed by atoms with Gasteiger partial charge in [-0.2, -0.15) is 0 Å². The molecule has 0 unspecified atom stereocenters. The van der Waals surface area contributed by atoms with Gasteiger partial charge in [-0.1, -0.05) is 13.8 Å². The van der Waals surface area contributed by atoms with Crippen molar-refractivity contribution in [1.29, 1.82) is 0 Å². The zero-order chi connectivity index (χ0) is 22.2. The van der Waals surface area contributed by atoms with Crippen LogP contribution in [0.3, 0.4) is 0 Å². The Labute approximate surface area is 184 Å². The molecular formula is C27H36F2O2. The molecule has 0 aliphatic heterocycles. The van der Waals surface area contributed by atoms with E-state index < -0.39 is 17.2 Å². The third-order valence-corrected chi connectivity index (χ3v) is 10.4. The first-order valence-electron chi connectivity index (χ1n) is 12.3. The molecule has 0 amide bonds. The van der Waals surface area contributed by atoms with Crippen molar-refractivity contribution >= 4 is 5.78 Å².